The SMILES string of the molecule is O=C1/C(=C\c2ccc(-c3ccccc3C(=O)O)o2)Sc2ccccc21. The smallest absolute Gasteiger partial charge is 0.336 e. The minimum atomic E-state index is -1.01. The molecule has 2 aromatic carbocycles. The Morgan fingerprint density at radius 2 is 1.68 bits per heavy atom. The van der Waals surface area contributed by atoms with Crippen molar-refractivity contribution in [2.75, 3.05) is 0 Å². The van der Waals surface area contributed by atoms with Crippen LogP contribution in [0.4, 0.5) is 0 Å². The summed E-state index contributed by atoms with van der Waals surface area (Å²) in [5.41, 5.74) is 1.38. The molecule has 0 radical (unpaired) electrons. The van der Waals surface area contributed by atoms with E-state index in [0.29, 0.717) is 27.6 Å². The number of Topliss-reactive ketones (excluding diaryl/α,β-unsaturated/α-hetero) is 1. The van der Waals surface area contributed by atoms with Gasteiger partial charge in [-0.3, -0.25) is 4.79 Å². The van der Waals surface area contributed by atoms with E-state index < -0.39 is 5.97 Å². The molecule has 1 aliphatic rings. The summed E-state index contributed by atoms with van der Waals surface area (Å²) in [6.45, 7) is 0. The lowest BCUT2D eigenvalue weighted by atomic mass is 10.1. The van der Waals surface area contributed by atoms with Crippen LogP contribution in [0.2, 0.25) is 0 Å². The van der Waals surface area contributed by atoms with Crippen molar-refractivity contribution in [1.82, 2.24) is 0 Å². The van der Waals surface area contributed by atoms with Crippen molar-refractivity contribution in [3.63, 3.8) is 0 Å². The molecule has 2 heterocycles. The van der Waals surface area contributed by atoms with E-state index in [-0.39, 0.29) is 11.3 Å². The van der Waals surface area contributed by atoms with Crippen molar-refractivity contribution >= 4 is 29.6 Å². The van der Waals surface area contributed by atoms with E-state index in [2.05, 4.69) is 0 Å². The van der Waals surface area contributed by atoms with E-state index in [0.717, 1.165) is 4.90 Å². The first-order valence-electron chi connectivity index (χ1n) is 7.59. The molecule has 0 atom stereocenters. The van der Waals surface area contributed by atoms with E-state index in [4.69, 9.17) is 4.42 Å². The zero-order valence-electron chi connectivity index (χ0n) is 12.9. The summed E-state index contributed by atoms with van der Waals surface area (Å²) >= 11 is 1.41. The number of furan rings is 1. The van der Waals surface area contributed by atoms with Crippen LogP contribution in [0, 0.1) is 0 Å². The van der Waals surface area contributed by atoms with Crippen LogP contribution >= 0.6 is 11.8 Å². The molecule has 0 saturated carbocycles. The average molecular weight is 348 g/mol. The molecular formula is C20H12O4S. The van der Waals surface area contributed by atoms with E-state index in [1.165, 1.54) is 17.8 Å². The second-order valence-corrected chi connectivity index (χ2v) is 6.57. The summed E-state index contributed by atoms with van der Waals surface area (Å²) in [5, 5.41) is 9.30. The van der Waals surface area contributed by atoms with Gasteiger partial charge < -0.3 is 9.52 Å². The van der Waals surface area contributed by atoms with Gasteiger partial charge in [-0.2, -0.15) is 0 Å². The number of fused-ring (bicyclic) bond motifs is 1. The molecule has 1 aliphatic heterocycles. The van der Waals surface area contributed by atoms with E-state index in [1.807, 2.05) is 24.3 Å². The van der Waals surface area contributed by atoms with Crippen LogP contribution in [0.5, 0.6) is 0 Å². The first-order valence-corrected chi connectivity index (χ1v) is 8.41. The van der Waals surface area contributed by atoms with Crippen LogP contribution in [0.1, 0.15) is 26.5 Å². The van der Waals surface area contributed by atoms with Crippen LogP contribution in [0.15, 0.2) is 74.9 Å². The molecule has 0 saturated heterocycles. The largest absolute Gasteiger partial charge is 0.478 e. The number of thioether (sulfide) groups is 1. The number of carbonyl (C=O) groups excluding carboxylic acids is 1. The Morgan fingerprint density at radius 1 is 0.960 bits per heavy atom. The van der Waals surface area contributed by atoms with E-state index in [1.54, 1.807) is 36.4 Å². The monoisotopic (exact) mass is 348 g/mol. The number of ketones is 1. The Kier molecular flexibility index (Phi) is 3.78. The fourth-order valence-corrected chi connectivity index (χ4v) is 3.76. The summed E-state index contributed by atoms with van der Waals surface area (Å²) in [6.07, 6.45) is 1.69. The van der Waals surface area contributed by atoms with Gasteiger partial charge >= 0.3 is 5.97 Å². The Balaban J connectivity index is 1.68. The lowest BCUT2D eigenvalue weighted by Crippen LogP contribution is -1.98. The minimum absolute atomic E-state index is 0.0236. The summed E-state index contributed by atoms with van der Waals surface area (Å²) in [5.74, 6) is -0.0648. The molecule has 0 fully saturated rings. The molecule has 0 bridgehead atoms. The van der Waals surface area contributed by atoms with Gasteiger partial charge in [0, 0.05) is 16.0 Å². The third kappa shape index (κ3) is 2.79. The van der Waals surface area contributed by atoms with E-state index in [9.17, 15) is 14.7 Å². The fraction of sp³-hybridized carbons (Fsp3) is 0. The molecule has 122 valence electrons. The molecular weight excluding hydrogens is 336 g/mol. The predicted molar refractivity (Wildman–Crippen MR) is 95.7 cm³/mol. The Hall–Kier alpha value is -3.05. The molecule has 4 rings (SSSR count). The molecule has 5 heteroatoms. The maximum absolute atomic E-state index is 12.4. The highest BCUT2D eigenvalue weighted by atomic mass is 32.2. The van der Waals surface area contributed by atoms with Crippen molar-refractivity contribution in [2.24, 2.45) is 0 Å². The van der Waals surface area contributed by atoms with Crippen LogP contribution in [-0.2, 0) is 0 Å². The minimum Gasteiger partial charge on any atom is -0.478 e. The molecule has 25 heavy (non-hydrogen) atoms. The number of carbonyl (C=O) groups is 2. The summed E-state index contributed by atoms with van der Waals surface area (Å²) < 4.78 is 5.76. The number of aromatic carboxylic acids is 1. The number of carboxylic acids is 1. The summed E-state index contributed by atoms with van der Waals surface area (Å²) in [7, 11) is 0. The Morgan fingerprint density at radius 3 is 2.44 bits per heavy atom. The molecule has 4 nitrogen and oxygen atoms in total. The second-order valence-electron chi connectivity index (χ2n) is 5.49. The van der Waals surface area contributed by atoms with Crippen LogP contribution in [0.25, 0.3) is 17.4 Å². The van der Waals surface area contributed by atoms with Crippen molar-refractivity contribution in [2.45, 2.75) is 4.90 Å². The van der Waals surface area contributed by atoms with Crippen LogP contribution in [0.3, 0.4) is 0 Å². The highest BCUT2D eigenvalue weighted by Crippen LogP contribution is 2.41. The third-order valence-corrected chi connectivity index (χ3v) is 5.00. The quantitative estimate of drug-likeness (QED) is 0.677. The Bertz CT molecular complexity index is 1030. The van der Waals surface area contributed by atoms with E-state index >= 15 is 0 Å². The second kappa shape index (κ2) is 6.11. The van der Waals surface area contributed by atoms with Crippen LogP contribution in [-0.4, -0.2) is 16.9 Å². The topological polar surface area (TPSA) is 67.5 Å². The average Bonchev–Trinajstić information content (AvgIpc) is 3.21. The number of allylic oxidation sites excluding steroid dienone is 1. The normalized spacial score (nSPS) is 14.7. The summed E-state index contributed by atoms with van der Waals surface area (Å²) in [4.78, 5) is 25.3. The highest BCUT2D eigenvalue weighted by molar-refractivity contribution is 8.04. The Labute approximate surface area is 147 Å². The number of carboxylic acid groups (broad SMARTS) is 1. The van der Waals surface area contributed by atoms with Gasteiger partial charge in [-0.25, -0.2) is 4.79 Å². The number of benzene rings is 2. The molecule has 0 amide bonds. The first kappa shape index (κ1) is 15.5. The van der Waals surface area contributed by atoms with Crippen molar-refractivity contribution in [3.8, 4) is 11.3 Å². The van der Waals surface area contributed by atoms with Gasteiger partial charge in [0.2, 0.25) is 5.78 Å². The van der Waals surface area contributed by atoms with Crippen molar-refractivity contribution < 1.29 is 19.1 Å². The van der Waals surface area contributed by atoms with Gasteiger partial charge in [-0.1, -0.05) is 42.1 Å². The molecule has 0 aliphatic carbocycles. The standard InChI is InChI=1S/C20H12O4S/c21-19-15-7-3-4-8-17(15)25-18(19)11-12-9-10-16(24-12)13-5-1-2-6-14(13)20(22)23/h1-11H,(H,22,23)/b18-11+. The van der Waals surface area contributed by atoms with Gasteiger partial charge in [0.15, 0.2) is 0 Å². The third-order valence-electron chi connectivity index (χ3n) is 3.90. The molecule has 1 aromatic heterocycles. The first-order chi connectivity index (χ1) is 12.1. The zero-order valence-corrected chi connectivity index (χ0v) is 13.7. The maximum Gasteiger partial charge on any atom is 0.336 e. The number of hydrogen-bond donors (Lipinski definition) is 1. The van der Waals surface area contributed by atoms with Crippen LogP contribution < -0.4 is 0 Å². The lowest BCUT2D eigenvalue weighted by molar-refractivity contribution is 0.0697. The van der Waals surface area contributed by atoms with Crippen molar-refractivity contribution in [1.29, 1.82) is 0 Å². The molecule has 0 unspecified atom stereocenters. The molecule has 0 spiro atoms. The molecule has 1 N–H and O–H groups in total. The van der Waals surface area contributed by atoms with Gasteiger partial charge in [-0.15, -0.1) is 0 Å². The fourth-order valence-electron chi connectivity index (χ4n) is 2.72. The van der Waals surface area contributed by atoms with Gasteiger partial charge in [0.05, 0.1) is 10.5 Å². The zero-order chi connectivity index (χ0) is 17.4. The maximum atomic E-state index is 12.4. The number of rotatable bonds is 3. The lowest BCUT2D eigenvalue weighted by Gasteiger charge is -2.02. The van der Waals surface area contributed by atoms with Gasteiger partial charge in [-0.05, 0) is 36.4 Å². The van der Waals surface area contributed by atoms with Gasteiger partial charge in [0.25, 0.3) is 0 Å². The van der Waals surface area contributed by atoms with Gasteiger partial charge in [0.1, 0.15) is 11.5 Å². The highest BCUT2D eigenvalue weighted by Gasteiger charge is 2.25. The van der Waals surface area contributed by atoms with Crippen molar-refractivity contribution in [3.05, 3.63) is 82.5 Å². The molecule has 3 aromatic rings. The summed E-state index contributed by atoms with van der Waals surface area (Å²) in [6, 6.07) is 17.6. The predicted octanol–water partition coefficient (Wildman–Crippen LogP) is 4.97. The number of hydrogen-bond acceptors (Lipinski definition) is 4.